The average Bonchev–Trinajstić information content (AvgIpc) is 3.07. The molecule has 144 valence electrons. The Hall–Kier alpha value is -0.910. The molecule has 26 heavy (non-hydrogen) atoms. The predicted octanol–water partition coefficient (Wildman–Crippen LogP) is 2.13. The molecule has 0 aromatic rings. The summed E-state index contributed by atoms with van der Waals surface area (Å²) in [5, 5.41) is 23.9. The molecule has 3 N–H and O–H groups in total. The molecule has 0 aromatic carbocycles. The predicted molar refractivity (Wildman–Crippen MR) is 95.9 cm³/mol. The first-order valence-electron chi connectivity index (χ1n) is 10.2. The van der Waals surface area contributed by atoms with E-state index in [1.54, 1.807) is 13.2 Å². The summed E-state index contributed by atoms with van der Waals surface area (Å²) in [7, 11) is 1.70. The van der Waals surface area contributed by atoms with E-state index in [0.29, 0.717) is 11.8 Å². The normalized spacial score (nSPS) is 54.8. The van der Waals surface area contributed by atoms with E-state index in [1.165, 1.54) is 0 Å². The van der Waals surface area contributed by atoms with Crippen molar-refractivity contribution in [3.05, 3.63) is 11.6 Å². The number of carbonyl (C=O) groups excluding carboxylic acids is 1. The Kier molecular flexibility index (Phi) is 3.39. The maximum Gasteiger partial charge on any atom is 0.246 e. The lowest BCUT2D eigenvalue weighted by Crippen LogP contribution is -2.59. The summed E-state index contributed by atoms with van der Waals surface area (Å²) in [4.78, 5) is 12.2. The van der Waals surface area contributed by atoms with Crippen molar-refractivity contribution in [2.75, 3.05) is 13.7 Å². The molecule has 1 spiro atoms. The first-order valence-corrected chi connectivity index (χ1v) is 10.2. The number of aliphatic hydroxyl groups is 2. The van der Waals surface area contributed by atoms with Gasteiger partial charge in [-0.05, 0) is 85.5 Å². The van der Waals surface area contributed by atoms with Gasteiger partial charge in [0.2, 0.25) is 5.91 Å². The fourth-order valence-electron chi connectivity index (χ4n) is 8.13. The standard InChI is InChI=1S/C21H31NO4/c1-18-7-8-21(26-2)15(9-17(24)22-21)14(18)5-6-19-10-13(3-4-16(18)19)20(25,11-19)12-23/h9,13-14,16,23,25H,3-8,10-12H2,1-2H3,(H,22,24)/t13-,14+,16-,18+,19-,20-,21-/m0/s1. The number of aliphatic hydroxyl groups excluding tert-OH is 1. The van der Waals surface area contributed by atoms with E-state index < -0.39 is 11.3 Å². The Morgan fingerprint density at radius 1 is 1.27 bits per heavy atom. The fraction of sp³-hybridized carbons (Fsp3) is 0.857. The van der Waals surface area contributed by atoms with Gasteiger partial charge >= 0.3 is 0 Å². The maximum absolute atomic E-state index is 12.2. The van der Waals surface area contributed by atoms with Gasteiger partial charge < -0.3 is 20.3 Å². The molecule has 5 heteroatoms. The maximum atomic E-state index is 12.2. The summed E-state index contributed by atoms with van der Waals surface area (Å²) in [5.41, 5.74) is -0.0112. The highest BCUT2D eigenvalue weighted by Crippen LogP contribution is 2.72. The molecule has 5 nitrogen and oxygen atoms in total. The number of methoxy groups -OCH3 is 1. The number of amides is 1. The second kappa shape index (κ2) is 5.12. The number of hydrogen-bond donors (Lipinski definition) is 3. The second-order valence-corrected chi connectivity index (χ2v) is 10.0. The molecule has 7 atom stereocenters. The fourth-order valence-corrected chi connectivity index (χ4v) is 8.13. The van der Waals surface area contributed by atoms with Crippen molar-refractivity contribution in [2.45, 2.75) is 69.6 Å². The minimum atomic E-state index is -0.882. The van der Waals surface area contributed by atoms with Crippen molar-refractivity contribution in [1.29, 1.82) is 0 Å². The van der Waals surface area contributed by atoms with Gasteiger partial charge in [-0.25, -0.2) is 0 Å². The molecular weight excluding hydrogens is 330 g/mol. The third kappa shape index (κ3) is 1.90. The Morgan fingerprint density at radius 2 is 2.08 bits per heavy atom. The van der Waals surface area contributed by atoms with E-state index >= 15 is 0 Å². The highest BCUT2D eigenvalue weighted by atomic mass is 16.5. The van der Waals surface area contributed by atoms with Gasteiger partial charge in [-0.3, -0.25) is 4.79 Å². The van der Waals surface area contributed by atoms with Crippen LogP contribution in [0, 0.1) is 28.6 Å². The van der Waals surface area contributed by atoms with Crippen LogP contribution in [0.15, 0.2) is 11.6 Å². The molecule has 4 saturated carbocycles. The summed E-state index contributed by atoms with van der Waals surface area (Å²) in [6.45, 7) is 2.31. The zero-order valence-corrected chi connectivity index (χ0v) is 15.9. The summed E-state index contributed by atoms with van der Waals surface area (Å²) >= 11 is 0. The highest BCUT2D eigenvalue weighted by Gasteiger charge is 2.68. The van der Waals surface area contributed by atoms with E-state index in [2.05, 4.69) is 12.2 Å². The molecule has 0 saturated heterocycles. The molecule has 5 rings (SSSR count). The first-order chi connectivity index (χ1) is 12.3. The lowest BCUT2D eigenvalue weighted by Gasteiger charge is -2.62. The molecule has 1 aliphatic heterocycles. The monoisotopic (exact) mass is 361 g/mol. The third-order valence-corrected chi connectivity index (χ3v) is 9.23. The van der Waals surface area contributed by atoms with Gasteiger partial charge in [-0.1, -0.05) is 6.92 Å². The van der Waals surface area contributed by atoms with E-state index in [9.17, 15) is 15.0 Å². The highest BCUT2D eigenvalue weighted by molar-refractivity contribution is 5.92. The van der Waals surface area contributed by atoms with Gasteiger partial charge in [-0.2, -0.15) is 0 Å². The zero-order valence-electron chi connectivity index (χ0n) is 15.9. The van der Waals surface area contributed by atoms with Crippen LogP contribution in [0.5, 0.6) is 0 Å². The van der Waals surface area contributed by atoms with E-state index in [-0.39, 0.29) is 29.3 Å². The molecule has 1 heterocycles. The topological polar surface area (TPSA) is 78.8 Å². The molecule has 0 radical (unpaired) electrons. The van der Waals surface area contributed by atoms with Gasteiger partial charge in [0, 0.05) is 13.2 Å². The third-order valence-electron chi connectivity index (χ3n) is 9.23. The van der Waals surface area contributed by atoms with Gasteiger partial charge in [0.15, 0.2) is 5.72 Å². The SMILES string of the molecule is CO[C@@]12CC[C@]3(C)[C@H](CC[C@@]45C[C@H](CC[C@H]43)[C@@](O)(CO)C5)C1=CC(=O)N2. The van der Waals surface area contributed by atoms with Crippen LogP contribution in [-0.4, -0.2) is 41.2 Å². The van der Waals surface area contributed by atoms with Crippen molar-refractivity contribution < 1.29 is 19.7 Å². The van der Waals surface area contributed by atoms with Crippen LogP contribution in [0.25, 0.3) is 0 Å². The van der Waals surface area contributed by atoms with Crippen molar-refractivity contribution in [3.8, 4) is 0 Å². The van der Waals surface area contributed by atoms with E-state index in [4.69, 9.17) is 4.74 Å². The number of ether oxygens (including phenoxy) is 1. The van der Waals surface area contributed by atoms with Crippen LogP contribution in [0.2, 0.25) is 0 Å². The van der Waals surface area contributed by atoms with E-state index in [1.807, 2.05) is 0 Å². The number of nitrogens with one attached hydrogen (secondary N) is 1. The summed E-state index contributed by atoms with van der Waals surface area (Å²) < 4.78 is 5.84. The number of carbonyl (C=O) groups is 1. The van der Waals surface area contributed by atoms with Crippen molar-refractivity contribution in [3.63, 3.8) is 0 Å². The van der Waals surface area contributed by atoms with Crippen LogP contribution >= 0.6 is 0 Å². The number of fused-ring (bicyclic) bond motifs is 5. The molecule has 4 aliphatic carbocycles. The Balaban J connectivity index is 1.54. The van der Waals surface area contributed by atoms with Gasteiger partial charge in [0.1, 0.15) is 0 Å². The van der Waals surface area contributed by atoms with Crippen molar-refractivity contribution in [1.82, 2.24) is 5.32 Å². The number of hydrogen-bond acceptors (Lipinski definition) is 4. The Morgan fingerprint density at radius 3 is 2.81 bits per heavy atom. The van der Waals surface area contributed by atoms with Gasteiger partial charge in [0.25, 0.3) is 0 Å². The molecule has 4 fully saturated rings. The quantitative estimate of drug-likeness (QED) is 0.704. The summed E-state index contributed by atoms with van der Waals surface area (Å²) in [5.74, 6) is 1.15. The van der Waals surface area contributed by atoms with Crippen LogP contribution in [0.1, 0.15) is 58.3 Å². The Labute approximate surface area is 155 Å². The van der Waals surface area contributed by atoms with Gasteiger partial charge in [-0.15, -0.1) is 0 Å². The molecule has 2 bridgehead atoms. The molecule has 5 aliphatic rings. The molecule has 0 aromatic heterocycles. The minimum absolute atomic E-state index is 0.0226. The lowest BCUT2D eigenvalue weighted by molar-refractivity contribution is -0.138. The number of rotatable bonds is 2. The largest absolute Gasteiger partial charge is 0.393 e. The van der Waals surface area contributed by atoms with E-state index in [0.717, 1.165) is 56.9 Å². The van der Waals surface area contributed by atoms with Crippen molar-refractivity contribution >= 4 is 5.91 Å². The van der Waals surface area contributed by atoms with Crippen LogP contribution in [-0.2, 0) is 9.53 Å². The Bertz CT molecular complexity index is 691. The molecule has 1 amide bonds. The smallest absolute Gasteiger partial charge is 0.246 e. The lowest BCUT2D eigenvalue weighted by atomic mass is 9.43. The molecular formula is C21H31NO4. The average molecular weight is 361 g/mol. The summed E-state index contributed by atoms with van der Waals surface area (Å²) in [6.07, 6.45) is 9.75. The summed E-state index contributed by atoms with van der Waals surface area (Å²) in [6, 6.07) is 0. The van der Waals surface area contributed by atoms with Crippen LogP contribution < -0.4 is 5.32 Å². The van der Waals surface area contributed by atoms with Crippen LogP contribution in [0.4, 0.5) is 0 Å². The molecule has 0 unspecified atom stereocenters. The second-order valence-electron chi connectivity index (χ2n) is 10.0. The minimum Gasteiger partial charge on any atom is -0.393 e. The van der Waals surface area contributed by atoms with Crippen LogP contribution in [0.3, 0.4) is 0 Å². The zero-order chi connectivity index (χ0) is 18.4. The first kappa shape index (κ1) is 17.2. The van der Waals surface area contributed by atoms with Crippen molar-refractivity contribution in [2.24, 2.45) is 28.6 Å². The van der Waals surface area contributed by atoms with Gasteiger partial charge in [0.05, 0.1) is 12.2 Å².